The summed E-state index contributed by atoms with van der Waals surface area (Å²) in [6.07, 6.45) is 0. The molecule has 0 saturated carbocycles. The van der Waals surface area contributed by atoms with Gasteiger partial charge in [-0.3, -0.25) is 0 Å². The Morgan fingerprint density at radius 3 is 1.89 bits per heavy atom. The van der Waals surface area contributed by atoms with Crippen LogP contribution in [0.4, 0.5) is 5.69 Å². The molecule has 0 N–H and O–H groups in total. The highest BCUT2D eigenvalue weighted by Crippen LogP contribution is 2.43. The number of carbonyl (C=O) groups is 1. The summed E-state index contributed by atoms with van der Waals surface area (Å²) in [6, 6.07) is 31.9. The molecule has 0 spiro atoms. The molecule has 7 heteroatoms. The van der Waals surface area contributed by atoms with Crippen LogP contribution in [0.2, 0.25) is 0 Å². The van der Waals surface area contributed by atoms with E-state index in [1.807, 2.05) is 79.7 Å². The Kier molecular flexibility index (Phi) is 9.26. The minimum absolute atomic E-state index is 0.0304. The fourth-order valence-electron chi connectivity index (χ4n) is 5.11. The zero-order valence-electron chi connectivity index (χ0n) is 25.1. The van der Waals surface area contributed by atoms with Crippen molar-refractivity contribution in [3.05, 3.63) is 117 Å². The Hall–Kier alpha value is -6.15. The monoisotopic (exact) mass is 575 g/mol. The average molecular weight is 576 g/mol. The normalized spacial score (nSPS) is 10.1. The van der Waals surface area contributed by atoms with Gasteiger partial charge in [0.25, 0.3) is 0 Å². The van der Waals surface area contributed by atoms with Crippen LogP contribution in [-0.4, -0.2) is 27.2 Å². The van der Waals surface area contributed by atoms with Gasteiger partial charge in [0.1, 0.15) is 35.4 Å². The van der Waals surface area contributed by atoms with Crippen LogP contribution in [0.5, 0.6) is 0 Å². The minimum atomic E-state index is -0.533. The molecule has 0 saturated heterocycles. The molecule has 0 aliphatic heterocycles. The van der Waals surface area contributed by atoms with Crippen molar-refractivity contribution in [1.82, 2.24) is 0 Å². The molecule has 2 aromatic rings. The Labute approximate surface area is 257 Å². The number of allylic oxidation sites excluding steroid dienone is 2. The minimum Gasteiger partial charge on any atom is -0.465 e. The third-order valence-electron chi connectivity index (χ3n) is 7.44. The Bertz CT molecular complexity index is 2000. The highest BCUT2D eigenvalue weighted by Gasteiger charge is 2.27. The number of anilines is 1. The second-order valence-electron chi connectivity index (χ2n) is 10.6. The van der Waals surface area contributed by atoms with Crippen molar-refractivity contribution in [2.24, 2.45) is 0 Å². The summed E-state index contributed by atoms with van der Waals surface area (Å²) in [5.74, 6) is -0.355. The van der Waals surface area contributed by atoms with Crippen LogP contribution in [0, 0.1) is 45.3 Å². The first kappa shape index (κ1) is 30.8. The molecule has 0 atom stereocenters. The lowest BCUT2D eigenvalue weighted by molar-refractivity contribution is 0.0602. The first-order chi connectivity index (χ1) is 21.2. The van der Waals surface area contributed by atoms with Gasteiger partial charge in [0.15, 0.2) is 0 Å². The fraction of sp³-hybridized carbons (Fsp3) is 0.162. The summed E-state index contributed by atoms with van der Waals surface area (Å²) in [7, 11) is 5.18. The standard InChI is InChI=1S/C37H29N5O2/c1-23(2)27-7-6-8-31-32(17-27)34(37(43)44-5)18-33(31)36(29(21-40)22-41)35(26-13-15-30(16-14-26)42(3)4)25-11-9-24(10-12-25)28(19-38)20-39/h6-18,23H,1-5H3. The van der Waals surface area contributed by atoms with Gasteiger partial charge in [-0.15, -0.1) is 0 Å². The van der Waals surface area contributed by atoms with Gasteiger partial charge in [-0.2, -0.15) is 21.0 Å². The van der Waals surface area contributed by atoms with Crippen LogP contribution in [0.3, 0.4) is 0 Å². The predicted molar refractivity (Wildman–Crippen MR) is 170 cm³/mol. The van der Waals surface area contributed by atoms with Crippen LogP contribution in [0.15, 0.2) is 84.4 Å². The van der Waals surface area contributed by atoms with Gasteiger partial charge >= 0.3 is 5.97 Å². The van der Waals surface area contributed by atoms with Crippen molar-refractivity contribution in [3.8, 4) is 35.4 Å². The Balaban J connectivity index is 2.21. The summed E-state index contributed by atoms with van der Waals surface area (Å²) >= 11 is 0. The molecule has 0 fully saturated rings. The number of nitrogens with zero attached hydrogens (tertiary/aromatic N) is 5. The Morgan fingerprint density at radius 1 is 0.750 bits per heavy atom. The highest BCUT2D eigenvalue weighted by molar-refractivity contribution is 6.14. The van der Waals surface area contributed by atoms with Crippen LogP contribution < -0.4 is 15.3 Å². The van der Waals surface area contributed by atoms with Crippen molar-refractivity contribution >= 4 is 28.4 Å². The van der Waals surface area contributed by atoms with Crippen molar-refractivity contribution in [1.29, 1.82) is 21.0 Å². The number of hydrogen-bond acceptors (Lipinski definition) is 7. The van der Waals surface area contributed by atoms with E-state index in [0.29, 0.717) is 43.8 Å². The van der Waals surface area contributed by atoms with Crippen molar-refractivity contribution in [2.45, 2.75) is 19.8 Å². The van der Waals surface area contributed by atoms with Gasteiger partial charge in [0, 0.05) is 30.6 Å². The second-order valence-corrected chi connectivity index (χ2v) is 10.6. The first-order valence-electron chi connectivity index (χ1n) is 13.8. The Morgan fingerprint density at radius 2 is 1.36 bits per heavy atom. The molecular formula is C37H29N5O2. The number of nitriles is 4. The van der Waals surface area contributed by atoms with Crippen molar-refractivity contribution in [3.63, 3.8) is 0 Å². The van der Waals surface area contributed by atoms with E-state index in [2.05, 4.69) is 26.0 Å². The number of esters is 1. The SMILES string of the molecule is COC(=O)c1cc(C(=C(C#N)C#N)C(c2ccc(N(C)C)cc2)=c2ccc(=C(C#N)C#N)cc2)c2cccc(C(C)C)cc1-2. The summed E-state index contributed by atoms with van der Waals surface area (Å²) in [6.45, 7) is 4.12. The summed E-state index contributed by atoms with van der Waals surface area (Å²) in [4.78, 5) is 15.1. The quantitative estimate of drug-likeness (QED) is 0.214. The number of ether oxygens (including phenoxy) is 1. The van der Waals surface area contributed by atoms with Gasteiger partial charge in [-0.25, -0.2) is 4.79 Å². The van der Waals surface area contributed by atoms with Gasteiger partial charge < -0.3 is 9.64 Å². The van der Waals surface area contributed by atoms with Crippen LogP contribution in [0.25, 0.3) is 27.8 Å². The zero-order valence-corrected chi connectivity index (χ0v) is 25.1. The van der Waals surface area contributed by atoms with Crippen LogP contribution in [-0.2, 0) is 4.74 Å². The summed E-state index contributed by atoms with van der Waals surface area (Å²) in [5.41, 5.74) is 5.63. The van der Waals surface area contributed by atoms with Crippen molar-refractivity contribution < 1.29 is 9.53 Å². The number of hydrogen-bond donors (Lipinski definition) is 0. The maximum atomic E-state index is 13.1. The van der Waals surface area contributed by atoms with E-state index in [4.69, 9.17) is 4.74 Å². The van der Waals surface area contributed by atoms with E-state index in [-0.39, 0.29) is 17.1 Å². The number of rotatable bonds is 6. The van der Waals surface area contributed by atoms with E-state index >= 15 is 0 Å². The number of methoxy groups -OCH3 is 1. The van der Waals surface area contributed by atoms with E-state index in [0.717, 1.165) is 16.8 Å². The van der Waals surface area contributed by atoms with Gasteiger partial charge in [0.05, 0.1) is 12.7 Å². The van der Waals surface area contributed by atoms with Gasteiger partial charge in [-0.1, -0.05) is 74.5 Å². The molecule has 0 heterocycles. The third-order valence-corrected chi connectivity index (χ3v) is 7.44. The van der Waals surface area contributed by atoms with Crippen LogP contribution in [0.1, 0.15) is 46.8 Å². The molecule has 0 amide bonds. The highest BCUT2D eigenvalue weighted by atomic mass is 16.5. The van der Waals surface area contributed by atoms with E-state index in [9.17, 15) is 25.8 Å². The molecule has 0 aromatic heterocycles. The predicted octanol–water partition coefficient (Wildman–Crippen LogP) is 5.67. The molecule has 4 rings (SSSR count). The maximum Gasteiger partial charge on any atom is 0.338 e. The molecule has 0 unspecified atom stereocenters. The molecule has 0 radical (unpaired) electrons. The fourth-order valence-corrected chi connectivity index (χ4v) is 5.11. The van der Waals surface area contributed by atoms with E-state index in [1.165, 1.54) is 7.11 Å². The molecule has 44 heavy (non-hydrogen) atoms. The smallest absolute Gasteiger partial charge is 0.338 e. The number of benzene rings is 2. The third kappa shape index (κ3) is 5.91. The number of carbonyl (C=O) groups excluding carboxylic acids is 1. The topological polar surface area (TPSA) is 125 Å². The lowest BCUT2D eigenvalue weighted by atomic mass is 9.86. The molecular weight excluding hydrogens is 546 g/mol. The van der Waals surface area contributed by atoms with Gasteiger partial charge in [0.2, 0.25) is 0 Å². The van der Waals surface area contributed by atoms with Gasteiger partial charge in [-0.05, 0) is 62.7 Å². The molecule has 214 valence electrons. The first-order valence-corrected chi connectivity index (χ1v) is 13.8. The number of fused-ring (bicyclic) bond motifs is 1. The molecule has 2 aliphatic carbocycles. The van der Waals surface area contributed by atoms with Crippen LogP contribution >= 0.6 is 0 Å². The molecule has 0 bridgehead atoms. The zero-order chi connectivity index (χ0) is 32.0. The molecule has 2 aromatic carbocycles. The second kappa shape index (κ2) is 13.2. The lowest BCUT2D eigenvalue weighted by Crippen LogP contribution is -2.15. The molecule has 7 nitrogen and oxygen atoms in total. The average Bonchev–Trinajstić information content (AvgIpc) is 3.23. The summed E-state index contributed by atoms with van der Waals surface area (Å²) in [5, 5.41) is 40.4. The van der Waals surface area contributed by atoms with E-state index < -0.39 is 5.97 Å². The largest absolute Gasteiger partial charge is 0.465 e. The van der Waals surface area contributed by atoms with E-state index in [1.54, 1.807) is 30.3 Å². The lowest BCUT2D eigenvalue weighted by Gasteiger charge is -2.17. The molecule has 2 aliphatic rings. The summed E-state index contributed by atoms with van der Waals surface area (Å²) < 4.78 is 5.15. The maximum absolute atomic E-state index is 13.1. The van der Waals surface area contributed by atoms with Crippen molar-refractivity contribution in [2.75, 3.05) is 26.1 Å².